The molecule has 1 aromatic carbocycles. The van der Waals surface area contributed by atoms with Gasteiger partial charge in [-0.1, -0.05) is 27.5 Å². The highest BCUT2D eigenvalue weighted by Gasteiger charge is 2.28. The van der Waals surface area contributed by atoms with Crippen LogP contribution >= 0.6 is 27.5 Å². The number of ether oxygens (including phenoxy) is 2. The Kier molecular flexibility index (Phi) is 4.87. The topological polar surface area (TPSA) is 30.5 Å². The van der Waals surface area contributed by atoms with Gasteiger partial charge in [-0.3, -0.25) is 0 Å². The van der Waals surface area contributed by atoms with Crippen molar-refractivity contribution in [1.29, 1.82) is 0 Å². The van der Waals surface area contributed by atoms with Crippen LogP contribution in [0.2, 0.25) is 5.02 Å². The molecule has 20 heavy (non-hydrogen) atoms. The van der Waals surface area contributed by atoms with E-state index in [-0.39, 0.29) is 6.10 Å². The summed E-state index contributed by atoms with van der Waals surface area (Å²) in [5, 5.41) is 4.15. The van der Waals surface area contributed by atoms with Gasteiger partial charge in [0.25, 0.3) is 0 Å². The standard InChI is InChI=1S/C15H19BrClNO2/c16-10-1-6-14(17)15(7-10)19-9-13-5-4-12(20-13)8-18-11-2-3-11/h1,6-7,11-13,18H,2-5,8-9H2. The fourth-order valence-corrected chi connectivity index (χ4v) is 2.92. The van der Waals surface area contributed by atoms with Crippen LogP contribution in [0.25, 0.3) is 0 Å². The Bertz CT molecular complexity index is 467. The summed E-state index contributed by atoms with van der Waals surface area (Å²) >= 11 is 9.53. The van der Waals surface area contributed by atoms with Gasteiger partial charge in [0.15, 0.2) is 0 Å². The number of hydrogen-bond donors (Lipinski definition) is 1. The Labute approximate surface area is 133 Å². The second-order valence-corrected chi connectivity index (χ2v) is 6.85. The molecule has 1 saturated carbocycles. The average molecular weight is 361 g/mol. The quantitative estimate of drug-likeness (QED) is 0.837. The zero-order valence-corrected chi connectivity index (χ0v) is 13.6. The third kappa shape index (κ3) is 4.10. The van der Waals surface area contributed by atoms with Gasteiger partial charge in [-0.15, -0.1) is 0 Å². The van der Waals surface area contributed by atoms with Crippen molar-refractivity contribution in [2.75, 3.05) is 13.2 Å². The molecule has 110 valence electrons. The fourth-order valence-electron chi connectivity index (χ4n) is 2.41. The smallest absolute Gasteiger partial charge is 0.139 e. The lowest BCUT2D eigenvalue weighted by Gasteiger charge is -2.15. The summed E-state index contributed by atoms with van der Waals surface area (Å²) in [5.41, 5.74) is 0. The van der Waals surface area contributed by atoms with E-state index in [0.717, 1.165) is 29.9 Å². The summed E-state index contributed by atoms with van der Waals surface area (Å²) in [6.07, 6.45) is 5.32. The summed E-state index contributed by atoms with van der Waals surface area (Å²) in [7, 11) is 0. The van der Waals surface area contributed by atoms with Crippen LogP contribution in [-0.2, 0) is 4.74 Å². The van der Waals surface area contributed by atoms with Crippen LogP contribution in [0, 0.1) is 0 Å². The van der Waals surface area contributed by atoms with Crippen molar-refractivity contribution < 1.29 is 9.47 Å². The highest BCUT2D eigenvalue weighted by Crippen LogP contribution is 2.29. The summed E-state index contributed by atoms with van der Waals surface area (Å²) in [5.74, 6) is 0.712. The first kappa shape index (κ1) is 14.6. The number of benzene rings is 1. The van der Waals surface area contributed by atoms with Crippen LogP contribution in [0.1, 0.15) is 25.7 Å². The van der Waals surface area contributed by atoms with Crippen molar-refractivity contribution in [2.24, 2.45) is 0 Å². The molecule has 2 aliphatic rings. The van der Waals surface area contributed by atoms with Crippen LogP contribution in [-0.4, -0.2) is 31.4 Å². The van der Waals surface area contributed by atoms with Gasteiger partial charge in [-0.05, 0) is 43.9 Å². The molecule has 1 aliphatic carbocycles. The molecule has 2 fully saturated rings. The number of hydrogen-bond acceptors (Lipinski definition) is 3. The first-order chi connectivity index (χ1) is 9.70. The van der Waals surface area contributed by atoms with Crippen molar-refractivity contribution in [2.45, 2.75) is 43.9 Å². The summed E-state index contributed by atoms with van der Waals surface area (Å²) in [6.45, 7) is 1.54. The second kappa shape index (κ2) is 6.65. The van der Waals surface area contributed by atoms with E-state index in [9.17, 15) is 0 Å². The lowest BCUT2D eigenvalue weighted by molar-refractivity contribution is 0.0184. The predicted octanol–water partition coefficient (Wildman–Crippen LogP) is 3.78. The minimum Gasteiger partial charge on any atom is -0.489 e. The lowest BCUT2D eigenvalue weighted by atomic mass is 10.2. The van der Waals surface area contributed by atoms with Crippen molar-refractivity contribution in [3.05, 3.63) is 27.7 Å². The highest BCUT2D eigenvalue weighted by atomic mass is 79.9. The minimum atomic E-state index is 0.177. The zero-order chi connectivity index (χ0) is 13.9. The van der Waals surface area contributed by atoms with E-state index in [4.69, 9.17) is 21.1 Å². The maximum absolute atomic E-state index is 6.11. The SMILES string of the molecule is Clc1ccc(Br)cc1OCC1CCC(CNC2CC2)O1. The van der Waals surface area contributed by atoms with Crippen LogP contribution in [0.15, 0.2) is 22.7 Å². The van der Waals surface area contributed by atoms with Crippen LogP contribution in [0.4, 0.5) is 0 Å². The van der Waals surface area contributed by atoms with E-state index >= 15 is 0 Å². The lowest BCUT2D eigenvalue weighted by Crippen LogP contribution is -2.29. The zero-order valence-electron chi connectivity index (χ0n) is 11.3. The molecule has 1 aromatic rings. The first-order valence-electron chi connectivity index (χ1n) is 7.17. The minimum absolute atomic E-state index is 0.177. The molecule has 0 amide bonds. The summed E-state index contributed by atoms with van der Waals surface area (Å²) in [4.78, 5) is 0. The number of rotatable bonds is 6. The van der Waals surface area contributed by atoms with Crippen LogP contribution in [0.3, 0.4) is 0 Å². The molecule has 2 atom stereocenters. The molecule has 1 aliphatic heterocycles. The Morgan fingerprint density at radius 3 is 2.85 bits per heavy atom. The Morgan fingerprint density at radius 2 is 2.05 bits per heavy atom. The van der Waals surface area contributed by atoms with Crippen LogP contribution in [0.5, 0.6) is 5.75 Å². The molecule has 3 rings (SSSR count). The summed E-state index contributed by atoms with van der Waals surface area (Å²) < 4.78 is 12.7. The van der Waals surface area contributed by atoms with E-state index in [1.54, 1.807) is 0 Å². The largest absolute Gasteiger partial charge is 0.489 e. The van der Waals surface area contributed by atoms with Crippen molar-refractivity contribution >= 4 is 27.5 Å². The molecule has 1 heterocycles. The fraction of sp³-hybridized carbons (Fsp3) is 0.600. The third-order valence-corrected chi connectivity index (χ3v) is 4.53. The third-order valence-electron chi connectivity index (χ3n) is 3.73. The highest BCUT2D eigenvalue weighted by molar-refractivity contribution is 9.10. The maximum Gasteiger partial charge on any atom is 0.139 e. The second-order valence-electron chi connectivity index (χ2n) is 5.53. The first-order valence-corrected chi connectivity index (χ1v) is 8.34. The van der Waals surface area contributed by atoms with Crippen molar-refractivity contribution in [3.63, 3.8) is 0 Å². The van der Waals surface area contributed by atoms with Crippen molar-refractivity contribution in [3.8, 4) is 5.75 Å². The van der Waals surface area contributed by atoms with E-state index in [1.165, 1.54) is 12.8 Å². The molecular formula is C15H19BrClNO2. The molecule has 0 aromatic heterocycles. The maximum atomic E-state index is 6.11. The molecule has 2 unspecified atom stereocenters. The normalized spacial score (nSPS) is 25.9. The average Bonchev–Trinajstić information content (AvgIpc) is 3.16. The van der Waals surface area contributed by atoms with Gasteiger partial charge < -0.3 is 14.8 Å². The van der Waals surface area contributed by atoms with E-state index < -0.39 is 0 Å². The van der Waals surface area contributed by atoms with Gasteiger partial charge in [0.05, 0.1) is 17.2 Å². The molecule has 0 bridgehead atoms. The monoisotopic (exact) mass is 359 g/mol. The van der Waals surface area contributed by atoms with Gasteiger partial charge in [-0.25, -0.2) is 0 Å². The van der Waals surface area contributed by atoms with Gasteiger partial charge in [0.2, 0.25) is 0 Å². The van der Waals surface area contributed by atoms with Crippen molar-refractivity contribution in [1.82, 2.24) is 5.32 Å². The van der Waals surface area contributed by atoms with E-state index in [0.29, 0.717) is 23.5 Å². The van der Waals surface area contributed by atoms with Gasteiger partial charge in [0.1, 0.15) is 12.4 Å². The molecule has 0 radical (unpaired) electrons. The van der Waals surface area contributed by atoms with E-state index in [2.05, 4.69) is 21.2 Å². The Balaban J connectivity index is 1.43. The molecule has 1 saturated heterocycles. The molecule has 1 N–H and O–H groups in total. The van der Waals surface area contributed by atoms with E-state index in [1.807, 2.05) is 18.2 Å². The number of halogens is 2. The predicted molar refractivity (Wildman–Crippen MR) is 83.6 cm³/mol. The Morgan fingerprint density at radius 1 is 1.25 bits per heavy atom. The summed E-state index contributed by atoms with van der Waals surface area (Å²) in [6, 6.07) is 6.37. The van der Waals surface area contributed by atoms with Crippen LogP contribution < -0.4 is 10.1 Å². The number of nitrogens with one attached hydrogen (secondary N) is 1. The van der Waals surface area contributed by atoms with Gasteiger partial charge >= 0.3 is 0 Å². The molecular weight excluding hydrogens is 342 g/mol. The molecule has 0 spiro atoms. The molecule has 3 nitrogen and oxygen atoms in total. The van der Waals surface area contributed by atoms with Gasteiger partial charge in [-0.2, -0.15) is 0 Å². The Hall–Kier alpha value is -0.290. The molecule has 5 heteroatoms. The van der Waals surface area contributed by atoms with Gasteiger partial charge in [0, 0.05) is 17.1 Å².